The van der Waals surface area contributed by atoms with Crippen molar-refractivity contribution in [2.24, 2.45) is 0 Å². The Hall–Kier alpha value is -1.75. The third-order valence-corrected chi connectivity index (χ3v) is 12.1. The zero-order chi connectivity index (χ0) is 23.4. The van der Waals surface area contributed by atoms with E-state index in [0.717, 1.165) is 24.8 Å². The number of ketones is 1. The van der Waals surface area contributed by atoms with Gasteiger partial charge < -0.3 is 4.43 Å². The number of likely N-dealkylation sites (tertiary alicyclic amines) is 1. The van der Waals surface area contributed by atoms with Crippen LogP contribution in [0, 0.1) is 0 Å². The lowest BCUT2D eigenvalue weighted by atomic mass is 9.88. The summed E-state index contributed by atoms with van der Waals surface area (Å²) in [6.07, 6.45) is 5.08. The molecule has 2 aromatic rings. The minimum Gasteiger partial charge on any atom is -0.410 e. The molecule has 0 amide bonds. The van der Waals surface area contributed by atoms with Crippen LogP contribution in [0.25, 0.3) is 0 Å². The van der Waals surface area contributed by atoms with Crippen LogP contribution >= 0.6 is 0 Å². The zero-order valence-electron chi connectivity index (χ0n) is 20.8. The van der Waals surface area contributed by atoms with Gasteiger partial charge in [-0.05, 0) is 50.0 Å². The quantitative estimate of drug-likeness (QED) is 0.312. The fourth-order valence-corrected chi connectivity index (χ4v) is 5.78. The van der Waals surface area contributed by atoms with Crippen molar-refractivity contribution in [2.45, 2.75) is 89.2 Å². The van der Waals surface area contributed by atoms with E-state index < -0.39 is 8.32 Å². The van der Waals surface area contributed by atoms with Gasteiger partial charge in [-0.3, -0.25) is 9.69 Å². The van der Waals surface area contributed by atoms with Gasteiger partial charge in [-0.2, -0.15) is 0 Å². The molecule has 1 heterocycles. The summed E-state index contributed by atoms with van der Waals surface area (Å²) in [5, 5.41) is 0.170. The van der Waals surface area contributed by atoms with E-state index in [-0.39, 0.29) is 16.9 Å². The van der Waals surface area contributed by atoms with E-state index in [1.54, 1.807) is 0 Å². The molecule has 2 aromatic carbocycles. The van der Waals surface area contributed by atoms with Gasteiger partial charge in [-0.15, -0.1) is 0 Å². The molecule has 0 N–H and O–H groups in total. The van der Waals surface area contributed by atoms with Crippen LogP contribution in [0.5, 0.6) is 0 Å². The number of piperidine rings is 1. The highest BCUT2D eigenvalue weighted by Gasteiger charge is 2.40. The van der Waals surface area contributed by atoms with Crippen molar-refractivity contribution < 1.29 is 9.22 Å². The van der Waals surface area contributed by atoms with Crippen molar-refractivity contribution >= 4 is 14.1 Å². The van der Waals surface area contributed by atoms with Crippen molar-refractivity contribution in [3.8, 4) is 0 Å². The molecule has 3 rings (SSSR count). The van der Waals surface area contributed by atoms with Crippen molar-refractivity contribution in [1.82, 2.24) is 4.90 Å². The average molecular weight is 452 g/mol. The van der Waals surface area contributed by atoms with Crippen LogP contribution in [0.15, 0.2) is 60.7 Å². The molecule has 1 fully saturated rings. The van der Waals surface area contributed by atoms with E-state index >= 15 is 0 Å². The summed E-state index contributed by atoms with van der Waals surface area (Å²) in [6.45, 7) is 11.6. The van der Waals surface area contributed by atoms with Gasteiger partial charge in [-0.1, -0.05) is 87.9 Å². The smallest absolute Gasteiger partial charge is 0.192 e. The number of hydrogen-bond donors (Lipinski definition) is 0. The van der Waals surface area contributed by atoms with Gasteiger partial charge in [0.2, 0.25) is 0 Å². The maximum atomic E-state index is 12.9. The van der Waals surface area contributed by atoms with Crippen LogP contribution in [0.2, 0.25) is 18.1 Å². The Morgan fingerprint density at radius 2 is 1.56 bits per heavy atom. The summed E-state index contributed by atoms with van der Waals surface area (Å²) in [7, 11) is 0.292. The van der Waals surface area contributed by atoms with Crippen molar-refractivity contribution in [3.05, 3.63) is 71.8 Å². The minimum atomic E-state index is -1.92. The molecule has 3 atom stereocenters. The predicted octanol–water partition coefficient (Wildman–Crippen LogP) is 7.27. The highest BCUT2D eigenvalue weighted by molar-refractivity contribution is 6.74. The molecular weight excluding hydrogens is 410 g/mol. The summed E-state index contributed by atoms with van der Waals surface area (Å²) in [4.78, 5) is 15.3. The predicted molar refractivity (Wildman–Crippen MR) is 137 cm³/mol. The molecule has 1 aliphatic heterocycles. The second kappa shape index (κ2) is 10.5. The highest BCUT2D eigenvalue weighted by Crippen LogP contribution is 2.42. The molecule has 1 saturated heterocycles. The molecule has 32 heavy (non-hydrogen) atoms. The van der Waals surface area contributed by atoms with Gasteiger partial charge in [0.05, 0.1) is 6.10 Å². The van der Waals surface area contributed by atoms with Gasteiger partial charge >= 0.3 is 0 Å². The van der Waals surface area contributed by atoms with Gasteiger partial charge in [-0.25, -0.2) is 0 Å². The number of Topliss-reactive ketones (excluding diaryl/α,β-unsaturated/α-hetero) is 1. The largest absolute Gasteiger partial charge is 0.410 e. The first-order chi connectivity index (χ1) is 15.1. The van der Waals surface area contributed by atoms with Gasteiger partial charge in [0.15, 0.2) is 14.1 Å². The second-order valence-corrected chi connectivity index (χ2v) is 15.7. The molecule has 0 bridgehead atoms. The van der Waals surface area contributed by atoms with Crippen LogP contribution in [0.4, 0.5) is 0 Å². The number of carbonyl (C=O) groups excluding carboxylic acids is 1. The van der Waals surface area contributed by atoms with E-state index in [4.69, 9.17) is 4.43 Å². The van der Waals surface area contributed by atoms with Crippen LogP contribution in [0.3, 0.4) is 0 Å². The maximum absolute atomic E-state index is 12.9. The third kappa shape index (κ3) is 6.18. The Bertz CT molecular complexity index is 860. The van der Waals surface area contributed by atoms with Gasteiger partial charge in [0.1, 0.15) is 0 Å². The molecular formula is C28H41NO2Si. The summed E-state index contributed by atoms with van der Waals surface area (Å²) < 4.78 is 6.97. The monoisotopic (exact) mass is 451 g/mol. The molecule has 0 saturated carbocycles. The summed E-state index contributed by atoms with van der Waals surface area (Å²) in [6, 6.07) is 21.2. The number of carbonyl (C=O) groups is 1. The Morgan fingerprint density at radius 1 is 1.00 bits per heavy atom. The summed E-state index contributed by atoms with van der Waals surface area (Å²) in [5.74, 6) is 0.250. The zero-order valence-corrected chi connectivity index (χ0v) is 21.8. The molecule has 4 heteroatoms. The first kappa shape index (κ1) is 24.9. The summed E-state index contributed by atoms with van der Waals surface area (Å²) in [5.41, 5.74) is 2.10. The lowest BCUT2D eigenvalue weighted by molar-refractivity contribution is 0.0578. The topological polar surface area (TPSA) is 29.5 Å². The molecule has 1 unspecified atom stereocenters. The first-order valence-electron chi connectivity index (χ1n) is 12.1. The van der Waals surface area contributed by atoms with Gasteiger partial charge in [0.25, 0.3) is 0 Å². The molecule has 3 nitrogen and oxygen atoms in total. The minimum absolute atomic E-state index is 0.0908. The summed E-state index contributed by atoms with van der Waals surface area (Å²) >= 11 is 0. The van der Waals surface area contributed by atoms with E-state index in [0.29, 0.717) is 18.5 Å². The molecule has 1 aliphatic rings. The second-order valence-electron chi connectivity index (χ2n) is 10.9. The molecule has 0 radical (unpaired) electrons. The standard InChI is InChI=1S/C28H41NO2Si/c1-28(2,3)32(5,6)31-27(23-16-11-8-12-17-23)21-25-19-13-18-24(29(25)4)20-26(30)22-14-9-7-10-15-22/h7-12,14-17,24-25,27H,13,18-21H2,1-6H3/t24?,25-,27-/m0/s1. The van der Waals surface area contributed by atoms with Crippen molar-refractivity contribution in [2.75, 3.05) is 7.05 Å². The van der Waals surface area contributed by atoms with Crippen LogP contribution in [-0.4, -0.2) is 38.1 Å². The number of benzene rings is 2. The number of rotatable bonds is 8. The van der Waals surface area contributed by atoms with Crippen LogP contribution in [0.1, 0.15) is 74.9 Å². The molecule has 0 aliphatic carbocycles. The van der Waals surface area contributed by atoms with Crippen molar-refractivity contribution in [1.29, 1.82) is 0 Å². The van der Waals surface area contributed by atoms with E-state index in [2.05, 4.69) is 76.1 Å². The number of hydrogen-bond acceptors (Lipinski definition) is 3. The lowest BCUT2D eigenvalue weighted by Gasteiger charge is -2.44. The highest BCUT2D eigenvalue weighted by atomic mass is 28.4. The Labute approximate surface area is 196 Å². The fraction of sp³-hybridized carbons (Fsp3) is 0.536. The first-order valence-corrected chi connectivity index (χ1v) is 15.0. The molecule has 174 valence electrons. The average Bonchev–Trinajstić information content (AvgIpc) is 2.76. The normalized spacial score (nSPS) is 21.3. The third-order valence-electron chi connectivity index (χ3n) is 7.64. The number of nitrogens with zero attached hydrogens (tertiary/aromatic N) is 1. The maximum Gasteiger partial charge on any atom is 0.192 e. The van der Waals surface area contributed by atoms with E-state index in [1.165, 1.54) is 12.0 Å². The van der Waals surface area contributed by atoms with E-state index in [9.17, 15) is 4.79 Å². The molecule has 0 aromatic heterocycles. The Morgan fingerprint density at radius 3 is 2.16 bits per heavy atom. The fourth-order valence-electron chi connectivity index (χ4n) is 4.48. The van der Waals surface area contributed by atoms with Gasteiger partial charge in [0, 0.05) is 24.1 Å². The lowest BCUT2D eigenvalue weighted by Crippen LogP contribution is -2.47. The van der Waals surface area contributed by atoms with Crippen LogP contribution < -0.4 is 0 Å². The SMILES string of the molecule is CN1C(CC(=O)c2ccccc2)CCC[C@H]1C[C@H](O[Si](C)(C)C(C)(C)C)c1ccccc1. The molecule has 0 spiro atoms. The Kier molecular flexibility index (Phi) is 8.13. The van der Waals surface area contributed by atoms with Crippen molar-refractivity contribution in [3.63, 3.8) is 0 Å². The van der Waals surface area contributed by atoms with E-state index in [1.807, 2.05) is 30.3 Å². The van der Waals surface area contributed by atoms with Crippen LogP contribution in [-0.2, 0) is 4.43 Å². The Balaban J connectivity index is 1.74.